The summed E-state index contributed by atoms with van der Waals surface area (Å²) in [6.07, 6.45) is 2.09. The van der Waals surface area contributed by atoms with E-state index >= 15 is 0 Å². The first kappa shape index (κ1) is 17.0. The molecule has 0 saturated heterocycles. The van der Waals surface area contributed by atoms with Crippen LogP contribution in [-0.2, 0) is 10.0 Å². The van der Waals surface area contributed by atoms with E-state index in [4.69, 9.17) is 5.11 Å². The van der Waals surface area contributed by atoms with E-state index in [0.29, 0.717) is 12.5 Å². The Morgan fingerprint density at radius 3 is 2.55 bits per heavy atom. The summed E-state index contributed by atoms with van der Waals surface area (Å²) in [6, 6.07) is 2.33. The second-order valence-corrected chi connectivity index (χ2v) is 6.33. The van der Waals surface area contributed by atoms with Crippen molar-refractivity contribution in [3.63, 3.8) is 0 Å². The van der Waals surface area contributed by atoms with Crippen molar-refractivity contribution in [3.8, 4) is 0 Å². The summed E-state index contributed by atoms with van der Waals surface area (Å²) in [5.74, 6) is -1.96. The summed E-state index contributed by atoms with van der Waals surface area (Å²) >= 11 is 0. The van der Waals surface area contributed by atoms with Crippen molar-refractivity contribution in [3.05, 3.63) is 29.8 Å². The number of rotatable bonds is 8. The molecule has 0 saturated carbocycles. The van der Waals surface area contributed by atoms with E-state index in [1.807, 2.05) is 6.92 Å². The van der Waals surface area contributed by atoms with Crippen LogP contribution in [0.3, 0.4) is 0 Å². The van der Waals surface area contributed by atoms with Gasteiger partial charge in [-0.25, -0.2) is 21.9 Å². The van der Waals surface area contributed by atoms with E-state index in [2.05, 4.69) is 4.72 Å². The fraction of sp³-hybridized carbons (Fsp3) is 0.538. The van der Waals surface area contributed by atoms with E-state index in [-0.39, 0.29) is 19.1 Å². The van der Waals surface area contributed by atoms with Gasteiger partial charge in [0.15, 0.2) is 0 Å². The fourth-order valence-electron chi connectivity index (χ4n) is 1.94. The number of halogens is 2. The van der Waals surface area contributed by atoms with E-state index < -0.39 is 26.6 Å². The van der Waals surface area contributed by atoms with Crippen LogP contribution in [0.2, 0.25) is 0 Å². The van der Waals surface area contributed by atoms with Crippen molar-refractivity contribution in [2.24, 2.45) is 5.92 Å². The van der Waals surface area contributed by atoms with Gasteiger partial charge >= 0.3 is 0 Å². The first-order valence-electron chi connectivity index (χ1n) is 6.46. The normalized spacial score (nSPS) is 13.4. The van der Waals surface area contributed by atoms with Crippen LogP contribution in [0.4, 0.5) is 8.78 Å². The van der Waals surface area contributed by atoms with Gasteiger partial charge in [0.1, 0.15) is 16.5 Å². The van der Waals surface area contributed by atoms with Gasteiger partial charge in [0.2, 0.25) is 10.0 Å². The van der Waals surface area contributed by atoms with E-state index in [1.165, 1.54) is 0 Å². The molecule has 7 heteroatoms. The van der Waals surface area contributed by atoms with E-state index in [9.17, 15) is 17.2 Å². The maximum absolute atomic E-state index is 13.5. The molecule has 1 atom stereocenters. The SMILES string of the molecule is CCCC(CCO)CNS(=O)(=O)c1ccc(F)cc1F. The third-order valence-electron chi connectivity index (χ3n) is 2.98. The summed E-state index contributed by atoms with van der Waals surface area (Å²) in [7, 11) is -4.01. The van der Waals surface area contributed by atoms with Crippen LogP contribution in [0, 0.1) is 17.6 Å². The smallest absolute Gasteiger partial charge is 0.243 e. The maximum Gasteiger partial charge on any atom is 0.243 e. The first-order chi connectivity index (χ1) is 9.40. The molecular weight excluding hydrogens is 288 g/mol. The summed E-state index contributed by atoms with van der Waals surface area (Å²) in [6.45, 7) is 2.05. The standard InChI is InChI=1S/C13H19F2NO3S/c1-2-3-10(6-7-17)9-16-20(18,19)13-5-4-11(14)8-12(13)15/h4-5,8,10,16-17H,2-3,6-7,9H2,1H3. The molecule has 0 aromatic heterocycles. The Morgan fingerprint density at radius 1 is 1.30 bits per heavy atom. The van der Waals surface area contributed by atoms with Gasteiger partial charge in [-0.2, -0.15) is 0 Å². The molecule has 20 heavy (non-hydrogen) atoms. The van der Waals surface area contributed by atoms with Crippen LogP contribution in [0.5, 0.6) is 0 Å². The van der Waals surface area contributed by atoms with Crippen molar-refractivity contribution < 1.29 is 22.3 Å². The fourth-order valence-corrected chi connectivity index (χ4v) is 3.11. The predicted molar refractivity (Wildman–Crippen MR) is 71.6 cm³/mol. The molecule has 0 spiro atoms. The third kappa shape index (κ3) is 4.81. The van der Waals surface area contributed by atoms with Gasteiger partial charge in [0.05, 0.1) is 0 Å². The number of nitrogens with one attached hydrogen (secondary N) is 1. The molecule has 2 N–H and O–H groups in total. The number of hydrogen-bond donors (Lipinski definition) is 2. The quantitative estimate of drug-likeness (QED) is 0.772. The van der Waals surface area contributed by atoms with Gasteiger partial charge in [0, 0.05) is 19.2 Å². The predicted octanol–water partition coefficient (Wildman–Crippen LogP) is 2.04. The number of aliphatic hydroxyl groups is 1. The van der Waals surface area contributed by atoms with E-state index in [1.54, 1.807) is 0 Å². The Hall–Kier alpha value is -1.05. The van der Waals surface area contributed by atoms with Crippen LogP contribution in [0.25, 0.3) is 0 Å². The van der Waals surface area contributed by atoms with Gasteiger partial charge in [-0.15, -0.1) is 0 Å². The van der Waals surface area contributed by atoms with Crippen molar-refractivity contribution in [1.29, 1.82) is 0 Å². The highest BCUT2D eigenvalue weighted by molar-refractivity contribution is 7.89. The molecular formula is C13H19F2NO3S. The minimum absolute atomic E-state index is 0.0108. The lowest BCUT2D eigenvalue weighted by Gasteiger charge is -2.16. The second-order valence-electron chi connectivity index (χ2n) is 4.59. The van der Waals surface area contributed by atoms with Crippen LogP contribution < -0.4 is 4.72 Å². The Labute approximate surface area is 117 Å². The Balaban J connectivity index is 2.78. The first-order valence-corrected chi connectivity index (χ1v) is 7.94. The van der Waals surface area contributed by atoms with Gasteiger partial charge in [-0.3, -0.25) is 0 Å². The summed E-state index contributed by atoms with van der Waals surface area (Å²) in [5.41, 5.74) is 0. The van der Waals surface area contributed by atoms with Gasteiger partial charge in [-0.1, -0.05) is 13.3 Å². The molecule has 1 rings (SSSR count). The van der Waals surface area contributed by atoms with Crippen LogP contribution in [0.1, 0.15) is 26.2 Å². The molecule has 0 amide bonds. The average Bonchev–Trinajstić information content (AvgIpc) is 2.36. The lowest BCUT2D eigenvalue weighted by atomic mass is 10.0. The van der Waals surface area contributed by atoms with E-state index in [0.717, 1.165) is 25.0 Å². The average molecular weight is 307 g/mol. The zero-order valence-corrected chi connectivity index (χ0v) is 12.1. The Morgan fingerprint density at radius 2 is 2.00 bits per heavy atom. The highest BCUT2D eigenvalue weighted by Gasteiger charge is 2.20. The molecule has 4 nitrogen and oxygen atoms in total. The Bertz CT molecular complexity index is 528. The lowest BCUT2D eigenvalue weighted by molar-refractivity contribution is 0.251. The molecule has 0 bridgehead atoms. The molecule has 0 radical (unpaired) electrons. The number of hydrogen-bond acceptors (Lipinski definition) is 3. The highest BCUT2D eigenvalue weighted by Crippen LogP contribution is 2.16. The molecule has 0 aliphatic carbocycles. The van der Waals surface area contributed by atoms with Crippen molar-refractivity contribution >= 4 is 10.0 Å². The number of aliphatic hydroxyl groups excluding tert-OH is 1. The molecule has 0 fully saturated rings. The monoisotopic (exact) mass is 307 g/mol. The van der Waals surface area contributed by atoms with Crippen molar-refractivity contribution in [2.45, 2.75) is 31.1 Å². The molecule has 1 aromatic rings. The summed E-state index contributed by atoms with van der Waals surface area (Å²) < 4.78 is 52.4. The van der Waals surface area contributed by atoms with Crippen LogP contribution in [-0.4, -0.2) is 26.7 Å². The van der Waals surface area contributed by atoms with Gasteiger partial charge < -0.3 is 5.11 Å². The maximum atomic E-state index is 13.5. The minimum atomic E-state index is -4.01. The molecule has 0 aliphatic rings. The van der Waals surface area contributed by atoms with Gasteiger partial charge in [-0.05, 0) is 30.9 Å². The third-order valence-corrected chi connectivity index (χ3v) is 4.44. The zero-order valence-electron chi connectivity index (χ0n) is 11.3. The summed E-state index contributed by atoms with van der Waals surface area (Å²) in [4.78, 5) is -0.571. The Kier molecular flexibility index (Phi) is 6.51. The van der Waals surface area contributed by atoms with Crippen molar-refractivity contribution in [2.75, 3.05) is 13.2 Å². The molecule has 114 valence electrons. The molecule has 1 unspecified atom stereocenters. The van der Waals surface area contributed by atoms with Gasteiger partial charge in [0.25, 0.3) is 0 Å². The largest absolute Gasteiger partial charge is 0.396 e. The lowest BCUT2D eigenvalue weighted by Crippen LogP contribution is -2.30. The molecule has 0 heterocycles. The highest BCUT2D eigenvalue weighted by atomic mass is 32.2. The number of sulfonamides is 1. The van der Waals surface area contributed by atoms with Crippen LogP contribution >= 0.6 is 0 Å². The molecule has 0 aliphatic heterocycles. The minimum Gasteiger partial charge on any atom is -0.396 e. The summed E-state index contributed by atoms with van der Waals surface area (Å²) in [5, 5.41) is 8.91. The van der Waals surface area contributed by atoms with Crippen molar-refractivity contribution in [1.82, 2.24) is 4.72 Å². The zero-order chi connectivity index (χ0) is 15.2. The second kappa shape index (κ2) is 7.66. The topological polar surface area (TPSA) is 66.4 Å². The number of benzene rings is 1. The molecule has 1 aromatic carbocycles. The van der Waals surface area contributed by atoms with Crippen LogP contribution in [0.15, 0.2) is 23.1 Å².